The molecule has 232 valence electrons. The SMILES string of the molecule is CC(C)C(N)=O.CC(C)C(N)=O.CC(C)C(N)=O.CC(C)C(N)=O.CC(C)C(N)=O.CC(C)C(N)=O.N.N. The van der Waals surface area contributed by atoms with E-state index < -0.39 is 0 Å². The van der Waals surface area contributed by atoms with E-state index in [2.05, 4.69) is 0 Å². The van der Waals surface area contributed by atoms with Gasteiger partial charge in [0.1, 0.15) is 0 Å². The molecule has 0 aromatic carbocycles. The second-order valence-corrected chi connectivity index (χ2v) is 9.34. The molecular formula is C24H60N8O6. The van der Waals surface area contributed by atoms with Crippen molar-refractivity contribution in [3.8, 4) is 0 Å². The van der Waals surface area contributed by atoms with Crippen LogP contribution in [0, 0.1) is 35.5 Å². The number of carbonyl (C=O) groups is 6. The van der Waals surface area contributed by atoms with Crippen LogP contribution in [0.1, 0.15) is 83.1 Å². The van der Waals surface area contributed by atoms with Gasteiger partial charge in [0.2, 0.25) is 35.4 Å². The van der Waals surface area contributed by atoms with Crippen LogP contribution >= 0.6 is 0 Å². The lowest BCUT2D eigenvalue weighted by atomic mass is 10.2. The molecule has 0 aliphatic heterocycles. The van der Waals surface area contributed by atoms with Crippen molar-refractivity contribution in [1.29, 1.82) is 0 Å². The molecular weight excluding hydrogens is 496 g/mol. The van der Waals surface area contributed by atoms with Gasteiger partial charge in [-0.3, -0.25) is 28.8 Å². The van der Waals surface area contributed by atoms with Gasteiger partial charge >= 0.3 is 0 Å². The molecule has 0 atom stereocenters. The summed E-state index contributed by atoms with van der Waals surface area (Å²) in [5, 5.41) is 0. The lowest BCUT2D eigenvalue weighted by Crippen LogP contribution is -2.17. The van der Waals surface area contributed by atoms with Crippen molar-refractivity contribution in [3.63, 3.8) is 0 Å². The molecule has 0 bridgehead atoms. The van der Waals surface area contributed by atoms with Gasteiger partial charge in [0.15, 0.2) is 0 Å². The van der Waals surface area contributed by atoms with E-state index in [1.807, 2.05) is 0 Å². The van der Waals surface area contributed by atoms with E-state index in [1.54, 1.807) is 83.1 Å². The number of nitrogens with two attached hydrogens (primary N) is 6. The first-order chi connectivity index (χ1) is 15.9. The van der Waals surface area contributed by atoms with Crippen molar-refractivity contribution >= 4 is 35.4 Å². The summed E-state index contributed by atoms with van der Waals surface area (Å²) < 4.78 is 0. The highest BCUT2D eigenvalue weighted by molar-refractivity contribution is 5.77. The van der Waals surface area contributed by atoms with E-state index in [4.69, 9.17) is 34.4 Å². The summed E-state index contributed by atoms with van der Waals surface area (Å²) in [6.07, 6.45) is 0. The Morgan fingerprint density at radius 3 is 0.316 bits per heavy atom. The summed E-state index contributed by atoms with van der Waals surface area (Å²) in [6, 6.07) is 0. The van der Waals surface area contributed by atoms with Crippen molar-refractivity contribution in [2.75, 3.05) is 0 Å². The monoisotopic (exact) mass is 556 g/mol. The maximum atomic E-state index is 9.92. The second-order valence-electron chi connectivity index (χ2n) is 9.34. The Labute approximate surface area is 229 Å². The van der Waals surface area contributed by atoms with Gasteiger partial charge in [0.05, 0.1) is 0 Å². The lowest BCUT2D eigenvalue weighted by molar-refractivity contribution is -0.121. The Kier molecular flexibility index (Phi) is 49.1. The summed E-state index contributed by atoms with van der Waals surface area (Å²) in [4.78, 5) is 59.5. The number of primary amides is 6. The standard InChI is InChI=1S/6C4H9NO.2H3N/c6*1-3(2)4(5)6;;/h6*3H,1-2H3,(H2,5,6);2*1H3. The van der Waals surface area contributed by atoms with Crippen LogP contribution in [-0.2, 0) is 28.8 Å². The van der Waals surface area contributed by atoms with Gasteiger partial charge in [-0.25, -0.2) is 0 Å². The maximum Gasteiger partial charge on any atom is 0.219 e. The van der Waals surface area contributed by atoms with Gasteiger partial charge in [-0.2, -0.15) is 0 Å². The molecule has 0 unspecified atom stereocenters. The molecule has 0 radical (unpaired) electrons. The van der Waals surface area contributed by atoms with E-state index in [0.717, 1.165) is 0 Å². The first kappa shape index (κ1) is 55.3. The van der Waals surface area contributed by atoms with Crippen LogP contribution in [0.2, 0.25) is 0 Å². The van der Waals surface area contributed by atoms with Crippen molar-refractivity contribution in [2.24, 2.45) is 69.9 Å². The number of carbonyl (C=O) groups excluding carboxylic acids is 6. The van der Waals surface area contributed by atoms with Crippen LogP contribution in [-0.4, -0.2) is 35.4 Å². The third kappa shape index (κ3) is 76.7. The highest BCUT2D eigenvalue weighted by Crippen LogP contribution is 1.87. The van der Waals surface area contributed by atoms with Crippen LogP contribution in [0.3, 0.4) is 0 Å². The first-order valence-electron chi connectivity index (χ1n) is 11.6. The third-order valence-electron chi connectivity index (χ3n) is 3.41. The molecule has 14 nitrogen and oxygen atoms in total. The zero-order valence-corrected chi connectivity index (χ0v) is 25.8. The van der Waals surface area contributed by atoms with E-state index >= 15 is 0 Å². The topological polar surface area (TPSA) is 329 Å². The molecule has 0 saturated carbocycles. The van der Waals surface area contributed by atoms with E-state index in [-0.39, 0.29) is 83.3 Å². The highest BCUT2D eigenvalue weighted by atomic mass is 16.2. The molecule has 0 aromatic heterocycles. The van der Waals surface area contributed by atoms with Crippen LogP contribution in [0.25, 0.3) is 0 Å². The smallest absolute Gasteiger partial charge is 0.219 e. The Morgan fingerprint density at radius 2 is 0.316 bits per heavy atom. The zero-order valence-electron chi connectivity index (χ0n) is 25.8. The fraction of sp³-hybridized carbons (Fsp3) is 0.750. The normalized spacial score (nSPS) is 8.68. The fourth-order valence-electron chi connectivity index (χ4n) is 0. The number of rotatable bonds is 6. The molecule has 0 rings (SSSR count). The first-order valence-corrected chi connectivity index (χ1v) is 11.6. The minimum absolute atomic E-state index is 0. The molecule has 0 aliphatic rings. The molecule has 0 aliphatic carbocycles. The number of hydrogen-bond acceptors (Lipinski definition) is 8. The molecule has 0 aromatic rings. The van der Waals surface area contributed by atoms with E-state index in [1.165, 1.54) is 0 Å². The number of hydrogen-bond donors (Lipinski definition) is 8. The lowest BCUT2D eigenvalue weighted by Gasteiger charge is -1.90. The molecule has 0 heterocycles. The average molecular weight is 557 g/mol. The zero-order chi connectivity index (χ0) is 30.9. The maximum absolute atomic E-state index is 9.92. The van der Waals surface area contributed by atoms with Gasteiger partial charge in [0, 0.05) is 35.5 Å². The van der Waals surface area contributed by atoms with Gasteiger partial charge in [-0.15, -0.1) is 0 Å². The van der Waals surface area contributed by atoms with Crippen LogP contribution in [0.5, 0.6) is 0 Å². The molecule has 0 fully saturated rings. The number of amides is 6. The largest absolute Gasteiger partial charge is 0.369 e. The predicted octanol–water partition coefficient (Wildman–Crippen LogP) is 1.09. The van der Waals surface area contributed by atoms with Crippen LogP contribution in [0.15, 0.2) is 0 Å². The second kappa shape index (κ2) is 33.7. The predicted molar refractivity (Wildman–Crippen MR) is 154 cm³/mol. The highest BCUT2D eigenvalue weighted by Gasteiger charge is 1.98. The Morgan fingerprint density at radius 1 is 0.289 bits per heavy atom. The Balaban J connectivity index is -0.0000000469. The van der Waals surface area contributed by atoms with Crippen LogP contribution < -0.4 is 46.7 Å². The molecule has 6 amide bonds. The molecule has 0 saturated heterocycles. The summed E-state index contributed by atoms with van der Waals surface area (Å²) in [6.45, 7) is 21.2. The summed E-state index contributed by atoms with van der Waals surface area (Å²) in [7, 11) is 0. The van der Waals surface area contributed by atoms with Crippen molar-refractivity contribution in [1.82, 2.24) is 12.3 Å². The fourth-order valence-corrected chi connectivity index (χ4v) is 0. The van der Waals surface area contributed by atoms with Gasteiger partial charge in [-0.05, 0) is 0 Å². The molecule has 18 N–H and O–H groups in total. The average Bonchev–Trinajstić information content (AvgIpc) is 2.69. The summed E-state index contributed by atoms with van der Waals surface area (Å²) in [5.41, 5.74) is 28.8. The van der Waals surface area contributed by atoms with Gasteiger partial charge in [-0.1, -0.05) is 83.1 Å². The van der Waals surface area contributed by atoms with E-state index in [9.17, 15) is 28.8 Å². The van der Waals surface area contributed by atoms with Crippen LogP contribution in [0.4, 0.5) is 0 Å². The molecule has 0 spiro atoms. The van der Waals surface area contributed by atoms with Crippen molar-refractivity contribution in [3.05, 3.63) is 0 Å². The Hall–Kier alpha value is -3.26. The Bertz CT molecular complexity index is 496. The molecule has 38 heavy (non-hydrogen) atoms. The summed E-state index contributed by atoms with van der Waals surface area (Å²) in [5.74, 6) is -1.50. The summed E-state index contributed by atoms with van der Waals surface area (Å²) >= 11 is 0. The minimum atomic E-state index is -0.241. The minimum Gasteiger partial charge on any atom is -0.369 e. The van der Waals surface area contributed by atoms with Crippen molar-refractivity contribution < 1.29 is 28.8 Å². The third-order valence-corrected chi connectivity index (χ3v) is 3.41. The quantitative estimate of drug-likeness (QED) is 0.233. The van der Waals surface area contributed by atoms with Gasteiger partial charge in [0.25, 0.3) is 0 Å². The molecule has 14 heteroatoms. The van der Waals surface area contributed by atoms with Crippen molar-refractivity contribution in [2.45, 2.75) is 83.1 Å². The van der Waals surface area contributed by atoms with Gasteiger partial charge < -0.3 is 46.7 Å². The van der Waals surface area contributed by atoms with E-state index in [0.29, 0.717) is 0 Å².